The number of benzene rings is 1. The van der Waals surface area contributed by atoms with E-state index in [0.717, 1.165) is 44.1 Å². The average Bonchev–Trinajstić information content (AvgIpc) is 3.21. The third-order valence-corrected chi connectivity index (χ3v) is 7.87. The van der Waals surface area contributed by atoms with Gasteiger partial charge in [0.05, 0.1) is 29.6 Å². The van der Waals surface area contributed by atoms with Crippen molar-refractivity contribution in [2.45, 2.75) is 54.9 Å². The number of carbonyl (C=O) groups excluding carboxylic acids is 1. The van der Waals surface area contributed by atoms with E-state index in [9.17, 15) is 13.2 Å². The van der Waals surface area contributed by atoms with E-state index >= 15 is 0 Å². The Morgan fingerprint density at radius 2 is 1.74 bits per heavy atom. The van der Waals surface area contributed by atoms with Gasteiger partial charge in [-0.1, -0.05) is 31.4 Å². The van der Waals surface area contributed by atoms with Crippen LogP contribution in [0.4, 0.5) is 0 Å². The number of pyridine rings is 1. The fraction of sp³-hybridized carbons (Fsp3) is 0.500. The van der Waals surface area contributed by atoms with Crippen LogP contribution in [0.15, 0.2) is 53.7 Å². The maximum atomic E-state index is 13.7. The minimum Gasteiger partial charge on any atom is -0.379 e. The number of nitrogens with one attached hydrogen (secondary N) is 1. The van der Waals surface area contributed by atoms with Crippen LogP contribution < -0.4 is 5.32 Å². The van der Waals surface area contributed by atoms with Gasteiger partial charge in [0, 0.05) is 24.6 Å². The maximum Gasteiger partial charge on any atom is 0.230 e. The number of nitrogens with zero attached hydrogens (tertiary/aromatic N) is 1. The number of rotatable bonds is 6. The molecule has 2 fully saturated rings. The van der Waals surface area contributed by atoms with Crippen molar-refractivity contribution in [3.05, 3.63) is 59.9 Å². The molecule has 0 spiro atoms. The molecule has 0 unspecified atom stereocenters. The Bertz CT molecular complexity index is 1000. The molecule has 6 nitrogen and oxygen atoms in total. The minimum absolute atomic E-state index is 0.0326. The Hall–Kier alpha value is -2.25. The molecule has 2 aromatic rings. The summed E-state index contributed by atoms with van der Waals surface area (Å²) in [6, 6.07) is 10.9. The zero-order chi connectivity index (χ0) is 21.9. The van der Waals surface area contributed by atoms with Gasteiger partial charge in [0.15, 0.2) is 9.84 Å². The van der Waals surface area contributed by atoms with E-state index in [1.807, 2.05) is 24.3 Å². The van der Waals surface area contributed by atoms with Crippen molar-refractivity contribution >= 4 is 15.7 Å². The van der Waals surface area contributed by atoms with E-state index in [1.165, 1.54) is 11.8 Å². The van der Waals surface area contributed by atoms with Gasteiger partial charge in [0.25, 0.3) is 0 Å². The zero-order valence-corrected chi connectivity index (χ0v) is 18.7. The molecule has 1 N–H and O–H groups in total. The second-order valence-corrected chi connectivity index (χ2v) is 10.9. The Morgan fingerprint density at radius 1 is 1.06 bits per heavy atom. The lowest BCUT2D eigenvalue weighted by molar-refractivity contribution is -0.129. The predicted molar refractivity (Wildman–Crippen MR) is 118 cm³/mol. The molecule has 31 heavy (non-hydrogen) atoms. The van der Waals surface area contributed by atoms with E-state index in [-0.39, 0.29) is 22.8 Å². The van der Waals surface area contributed by atoms with Gasteiger partial charge in [-0.25, -0.2) is 8.42 Å². The summed E-state index contributed by atoms with van der Waals surface area (Å²) >= 11 is 0. The predicted octanol–water partition coefficient (Wildman–Crippen LogP) is 3.06. The summed E-state index contributed by atoms with van der Waals surface area (Å²) in [4.78, 5) is 18.0. The average molecular weight is 443 g/mol. The molecular weight excluding hydrogens is 412 g/mol. The van der Waals surface area contributed by atoms with Crippen molar-refractivity contribution in [2.75, 3.05) is 19.5 Å². The number of hydrogen-bond acceptors (Lipinski definition) is 5. The lowest BCUT2D eigenvalue weighted by Crippen LogP contribution is -2.51. The normalized spacial score (nSPS) is 23.4. The first kappa shape index (κ1) is 22.0. The van der Waals surface area contributed by atoms with Crippen molar-refractivity contribution in [3.8, 4) is 0 Å². The van der Waals surface area contributed by atoms with E-state index in [1.54, 1.807) is 24.5 Å². The van der Waals surface area contributed by atoms with Crippen LogP contribution in [0.25, 0.3) is 0 Å². The third-order valence-electron chi connectivity index (χ3n) is 6.74. The van der Waals surface area contributed by atoms with E-state index < -0.39 is 15.3 Å². The lowest BCUT2D eigenvalue weighted by atomic mass is 9.68. The van der Waals surface area contributed by atoms with Crippen LogP contribution in [-0.2, 0) is 31.2 Å². The van der Waals surface area contributed by atoms with Gasteiger partial charge < -0.3 is 10.1 Å². The van der Waals surface area contributed by atoms with E-state index in [2.05, 4.69) is 10.3 Å². The smallest absolute Gasteiger partial charge is 0.230 e. The molecule has 1 saturated carbocycles. The fourth-order valence-electron chi connectivity index (χ4n) is 4.91. The number of ether oxygens (including phenoxy) is 1. The molecule has 166 valence electrons. The largest absolute Gasteiger partial charge is 0.379 e. The van der Waals surface area contributed by atoms with Crippen LogP contribution in [0.1, 0.15) is 43.2 Å². The Labute approximate surface area is 184 Å². The number of amides is 1. The first-order valence-electron chi connectivity index (χ1n) is 11.0. The highest BCUT2D eigenvalue weighted by Crippen LogP contribution is 2.40. The van der Waals surface area contributed by atoms with Crippen molar-refractivity contribution in [2.24, 2.45) is 5.92 Å². The SMILES string of the molecule is CS(=O)(=O)c1ccc(C2(C(=O)N[C@H]3COC[C@H]3Cc3ccncc3)CCCCC2)cc1. The van der Waals surface area contributed by atoms with Crippen LogP contribution in [0.3, 0.4) is 0 Å². The summed E-state index contributed by atoms with van der Waals surface area (Å²) in [5, 5.41) is 3.31. The second-order valence-electron chi connectivity index (χ2n) is 8.88. The first-order valence-corrected chi connectivity index (χ1v) is 12.9. The Morgan fingerprint density at radius 3 is 2.39 bits per heavy atom. The Balaban J connectivity index is 1.54. The van der Waals surface area contributed by atoms with Crippen molar-refractivity contribution in [1.29, 1.82) is 0 Å². The molecule has 2 aliphatic rings. The molecular formula is C24H30N2O4S. The molecule has 0 bridgehead atoms. The van der Waals surface area contributed by atoms with Crippen LogP contribution in [0.2, 0.25) is 0 Å². The van der Waals surface area contributed by atoms with Gasteiger partial charge in [-0.15, -0.1) is 0 Å². The summed E-state index contributed by atoms with van der Waals surface area (Å²) in [5.74, 6) is 0.258. The number of sulfone groups is 1. The molecule has 1 aromatic carbocycles. The van der Waals surface area contributed by atoms with Crippen molar-refractivity contribution < 1.29 is 17.9 Å². The van der Waals surface area contributed by atoms with E-state index in [4.69, 9.17) is 4.74 Å². The van der Waals surface area contributed by atoms with Crippen molar-refractivity contribution in [1.82, 2.24) is 10.3 Å². The monoisotopic (exact) mass is 442 g/mol. The highest BCUT2D eigenvalue weighted by molar-refractivity contribution is 7.90. The first-order chi connectivity index (χ1) is 14.9. The molecule has 1 saturated heterocycles. The van der Waals surface area contributed by atoms with Crippen LogP contribution in [0, 0.1) is 5.92 Å². The van der Waals surface area contributed by atoms with Crippen LogP contribution >= 0.6 is 0 Å². The highest BCUT2D eigenvalue weighted by atomic mass is 32.2. The quantitative estimate of drug-likeness (QED) is 0.743. The molecule has 1 aliphatic heterocycles. The molecule has 4 rings (SSSR count). The summed E-state index contributed by atoms with van der Waals surface area (Å²) in [6.07, 6.45) is 10.3. The summed E-state index contributed by atoms with van der Waals surface area (Å²) < 4.78 is 29.4. The lowest BCUT2D eigenvalue weighted by Gasteiger charge is -2.37. The van der Waals surface area contributed by atoms with E-state index in [0.29, 0.717) is 13.2 Å². The fourth-order valence-corrected chi connectivity index (χ4v) is 5.54. The molecule has 1 amide bonds. The van der Waals surface area contributed by atoms with Gasteiger partial charge in [0.1, 0.15) is 0 Å². The van der Waals surface area contributed by atoms with Crippen LogP contribution in [0.5, 0.6) is 0 Å². The minimum atomic E-state index is -3.27. The molecule has 1 aliphatic carbocycles. The zero-order valence-electron chi connectivity index (χ0n) is 17.9. The van der Waals surface area contributed by atoms with Gasteiger partial charge in [-0.05, 0) is 54.7 Å². The Kier molecular flexibility index (Phi) is 6.44. The number of carbonyl (C=O) groups is 1. The molecule has 2 atom stereocenters. The number of hydrogen-bond donors (Lipinski definition) is 1. The van der Waals surface area contributed by atoms with Gasteiger partial charge >= 0.3 is 0 Å². The third kappa shape index (κ3) is 4.83. The molecule has 2 heterocycles. The maximum absolute atomic E-state index is 13.7. The van der Waals surface area contributed by atoms with Gasteiger partial charge in [-0.3, -0.25) is 9.78 Å². The van der Waals surface area contributed by atoms with Crippen molar-refractivity contribution in [3.63, 3.8) is 0 Å². The topological polar surface area (TPSA) is 85.4 Å². The molecule has 0 radical (unpaired) electrons. The standard InChI is InChI=1S/C24H30N2O4S/c1-31(28,29)21-7-5-20(6-8-21)24(11-3-2-4-12-24)23(27)26-22-17-30-16-19(22)15-18-9-13-25-14-10-18/h5-10,13-14,19,22H,2-4,11-12,15-17H2,1H3,(H,26,27)/t19-,22+/m1/s1. The van der Waals surface area contributed by atoms with Gasteiger partial charge in [-0.2, -0.15) is 0 Å². The summed E-state index contributed by atoms with van der Waals surface area (Å²) in [7, 11) is -3.27. The highest BCUT2D eigenvalue weighted by Gasteiger charge is 2.43. The number of aromatic nitrogens is 1. The molecule has 1 aromatic heterocycles. The van der Waals surface area contributed by atoms with Crippen LogP contribution in [-0.4, -0.2) is 44.8 Å². The summed E-state index contributed by atoms with van der Waals surface area (Å²) in [5.41, 5.74) is 1.48. The second kappa shape index (κ2) is 9.09. The van der Waals surface area contributed by atoms with Gasteiger partial charge in [0.2, 0.25) is 5.91 Å². The molecule has 7 heteroatoms. The summed E-state index contributed by atoms with van der Waals surface area (Å²) in [6.45, 7) is 1.15.